The van der Waals surface area contributed by atoms with E-state index in [9.17, 15) is 17.8 Å². The minimum atomic E-state index is -4.75. The largest absolute Gasteiger partial charge is 1.00 e. The molecule has 0 saturated heterocycles. The van der Waals surface area contributed by atoms with E-state index in [0.29, 0.717) is 18.1 Å². The Hall–Kier alpha value is -0.660. The van der Waals surface area contributed by atoms with Crippen molar-refractivity contribution in [2.75, 3.05) is 0 Å². The standard InChI is InChI=1S/C18H20O5S.Na/c1-18-9-8-14-13-5-3-12(23-24(20,21)22)10-11(13)2-4-15(14)16(18)6-7-17(18)19;/h3,5,10,16H,2,4,6-9H2,1H3,(H,20,21,22);/q;+1/p-1/t16-,18-;/m1./s1. The predicted octanol–water partition coefficient (Wildman–Crippen LogP) is 0.00860. The number of fused-ring (bicyclic) bond motifs is 4. The maximum Gasteiger partial charge on any atom is 1.00 e. The maximum absolute atomic E-state index is 12.3. The number of hydrogen-bond donors (Lipinski definition) is 0. The molecular weight excluding hydrogens is 351 g/mol. The molecule has 1 aromatic carbocycles. The summed E-state index contributed by atoms with van der Waals surface area (Å²) < 4.78 is 36.8. The average molecular weight is 370 g/mol. The molecule has 0 aromatic heterocycles. The molecule has 0 radical (unpaired) electrons. The molecule has 5 nitrogen and oxygen atoms in total. The van der Waals surface area contributed by atoms with Crippen LogP contribution in [0.15, 0.2) is 23.8 Å². The molecule has 3 aliphatic rings. The van der Waals surface area contributed by atoms with Crippen molar-refractivity contribution in [1.29, 1.82) is 0 Å². The smallest absolute Gasteiger partial charge is 0.716 e. The fourth-order valence-corrected chi connectivity index (χ4v) is 5.18. The SMILES string of the molecule is C[C@@]12CCC3=C(CCc4cc(OS(=O)(=O)[O-])ccc43)[C@H]1CCC2=O.[Na+]. The van der Waals surface area contributed by atoms with Crippen LogP contribution >= 0.6 is 0 Å². The van der Waals surface area contributed by atoms with Crippen LogP contribution in [-0.2, 0) is 21.6 Å². The molecule has 0 amide bonds. The molecule has 0 heterocycles. The monoisotopic (exact) mass is 370 g/mol. The van der Waals surface area contributed by atoms with Gasteiger partial charge in [0.25, 0.3) is 10.4 Å². The number of carbonyl (C=O) groups excluding carboxylic acids is 1. The maximum atomic E-state index is 12.3. The number of benzene rings is 1. The van der Waals surface area contributed by atoms with Crippen LogP contribution in [0.1, 0.15) is 50.2 Å². The van der Waals surface area contributed by atoms with E-state index in [-0.39, 0.29) is 40.7 Å². The summed E-state index contributed by atoms with van der Waals surface area (Å²) in [5.41, 5.74) is 4.66. The van der Waals surface area contributed by atoms with Gasteiger partial charge in [-0.3, -0.25) is 4.79 Å². The van der Waals surface area contributed by atoms with E-state index in [0.717, 1.165) is 43.2 Å². The van der Waals surface area contributed by atoms with E-state index in [2.05, 4.69) is 11.1 Å². The van der Waals surface area contributed by atoms with Gasteiger partial charge in [0.05, 0.1) is 0 Å². The van der Waals surface area contributed by atoms with Gasteiger partial charge in [-0.2, -0.15) is 0 Å². The van der Waals surface area contributed by atoms with Gasteiger partial charge in [-0.15, -0.1) is 0 Å². The second kappa shape index (κ2) is 6.50. The van der Waals surface area contributed by atoms with Crippen LogP contribution in [0.2, 0.25) is 0 Å². The number of aryl methyl sites for hydroxylation is 1. The minimum Gasteiger partial charge on any atom is -0.716 e. The molecule has 0 bridgehead atoms. The van der Waals surface area contributed by atoms with Gasteiger partial charge in [0.1, 0.15) is 11.5 Å². The first kappa shape index (κ1) is 19.1. The van der Waals surface area contributed by atoms with Gasteiger partial charge in [0.2, 0.25) is 0 Å². The van der Waals surface area contributed by atoms with E-state index in [4.69, 9.17) is 0 Å². The zero-order valence-electron chi connectivity index (χ0n) is 14.5. The van der Waals surface area contributed by atoms with Crippen LogP contribution in [0.4, 0.5) is 0 Å². The fourth-order valence-electron chi connectivity index (χ4n) is 4.84. The number of Topliss-reactive ketones (excluding diaryl/α,β-unsaturated/α-hetero) is 1. The number of rotatable bonds is 2. The van der Waals surface area contributed by atoms with Crippen LogP contribution in [0, 0.1) is 11.3 Å². The molecular formula is C18H19NaO5S. The third-order valence-electron chi connectivity index (χ3n) is 6.03. The summed E-state index contributed by atoms with van der Waals surface area (Å²) in [5, 5.41) is 0. The normalized spacial score (nSPS) is 27.9. The van der Waals surface area contributed by atoms with Crippen molar-refractivity contribution < 1.29 is 51.5 Å². The van der Waals surface area contributed by atoms with E-state index in [1.165, 1.54) is 17.2 Å². The first-order valence-electron chi connectivity index (χ1n) is 8.32. The van der Waals surface area contributed by atoms with Gasteiger partial charge in [-0.1, -0.05) is 18.6 Å². The summed E-state index contributed by atoms with van der Waals surface area (Å²) in [6.07, 6.45) is 5.05. The molecule has 25 heavy (non-hydrogen) atoms. The fraction of sp³-hybridized carbons (Fsp3) is 0.500. The third-order valence-corrected chi connectivity index (χ3v) is 6.43. The van der Waals surface area contributed by atoms with Crippen molar-refractivity contribution in [3.63, 3.8) is 0 Å². The number of carbonyl (C=O) groups is 1. The topological polar surface area (TPSA) is 83.5 Å². The summed E-state index contributed by atoms with van der Waals surface area (Å²) in [6.45, 7) is 2.11. The molecule has 128 valence electrons. The van der Waals surface area contributed by atoms with Crippen molar-refractivity contribution >= 4 is 21.8 Å². The summed E-state index contributed by atoms with van der Waals surface area (Å²) in [4.78, 5) is 12.3. The molecule has 1 aromatic rings. The second-order valence-corrected chi connectivity index (χ2v) is 8.23. The second-order valence-electron chi connectivity index (χ2n) is 7.25. The number of allylic oxidation sites excluding steroid dienone is 2. The van der Waals surface area contributed by atoms with Gasteiger partial charge in [0, 0.05) is 11.8 Å². The summed E-state index contributed by atoms with van der Waals surface area (Å²) in [6, 6.07) is 5.05. The molecule has 7 heteroatoms. The number of ketones is 1. The van der Waals surface area contributed by atoms with Gasteiger partial charge in [-0.05, 0) is 66.9 Å². The Labute approximate surface area is 170 Å². The Morgan fingerprint density at radius 2 is 1.96 bits per heavy atom. The van der Waals surface area contributed by atoms with Gasteiger partial charge in [0.15, 0.2) is 0 Å². The average Bonchev–Trinajstić information content (AvgIpc) is 2.81. The van der Waals surface area contributed by atoms with Crippen LogP contribution in [-0.4, -0.2) is 18.8 Å². The zero-order chi connectivity index (χ0) is 17.1. The van der Waals surface area contributed by atoms with Crippen molar-refractivity contribution in [1.82, 2.24) is 0 Å². The van der Waals surface area contributed by atoms with Crippen LogP contribution in [0.5, 0.6) is 5.75 Å². The third kappa shape index (κ3) is 3.23. The molecule has 1 saturated carbocycles. The van der Waals surface area contributed by atoms with Gasteiger partial charge < -0.3 is 8.74 Å². The summed E-state index contributed by atoms with van der Waals surface area (Å²) in [7, 11) is -4.75. The molecule has 2 atom stereocenters. The summed E-state index contributed by atoms with van der Waals surface area (Å²) in [5.74, 6) is 0.818. The van der Waals surface area contributed by atoms with Crippen LogP contribution in [0.3, 0.4) is 0 Å². The Kier molecular flexibility index (Phi) is 4.97. The Balaban J connectivity index is 0.00000182. The molecule has 4 rings (SSSR count). The molecule has 0 spiro atoms. The number of hydrogen-bond acceptors (Lipinski definition) is 5. The zero-order valence-corrected chi connectivity index (χ0v) is 17.3. The Bertz CT molecular complexity index is 873. The van der Waals surface area contributed by atoms with E-state index >= 15 is 0 Å². The predicted molar refractivity (Wildman–Crippen MR) is 87.1 cm³/mol. The molecule has 0 N–H and O–H groups in total. The van der Waals surface area contributed by atoms with Crippen LogP contribution < -0.4 is 33.7 Å². The molecule has 3 aliphatic carbocycles. The van der Waals surface area contributed by atoms with Crippen molar-refractivity contribution in [3.8, 4) is 5.75 Å². The minimum absolute atomic E-state index is 0. The van der Waals surface area contributed by atoms with Crippen molar-refractivity contribution in [2.24, 2.45) is 11.3 Å². The Morgan fingerprint density at radius 3 is 2.68 bits per heavy atom. The van der Waals surface area contributed by atoms with Crippen molar-refractivity contribution in [2.45, 2.75) is 45.4 Å². The molecule has 1 fully saturated rings. The van der Waals surface area contributed by atoms with Gasteiger partial charge in [-0.25, -0.2) is 8.42 Å². The first-order valence-corrected chi connectivity index (χ1v) is 9.65. The molecule has 0 aliphatic heterocycles. The molecule has 0 unspecified atom stereocenters. The van der Waals surface area contributed by atoms with Gasteiger partial charge >= 0.3 is 29.6 Å². The summed E-state index contributed by atoms with van der Waals surface area (Å²) >= 11 is 0. The van der Waals surface area contributed by atoms with Crippen molar-refractivity contribution in [3.05, 3.63) is 34.9 Å². The van der Waals surface area contributed by atoms with E-state index < -0.39 is 10.4 Å². The van der Waals surface area contributed by atoms with E-state index in [1.807, 2.05) is 6.07 Å². The first-order chi connectivity index (χ1) is 11.3. The van der Waals surface area contributed by atoms with Crippen LogP contribution in [0.25, 0.3) is 5.57 Å². The van der Waals surface area contributed by atoms with E-state index in [1.54, 1.807) is 6.07 Å². The Morgan fingerprint density at radius 1 is 1.20 bits per heavy atom. The quantitative estimate of drug-likeness (QED) is 0.416.